The highest BCUT2D eigenvalue weighted by Crippen LogP contribution is 2.16. The summed E-state index contributed by atoms with van der Waals surface area (Å²) in [7, 11) is 0. The molecule has 0 aromatic heterocycles. The molecule has 0 aromatic carbocycles. The molecule has 32 heavy (non-hydrogen) atoms. The predicted molar refractivity (Wildman–Crippen MR) is 147 cm³/mol. The minimum atomic E-state index is 0.422. The molecular formula is C29H58O2S. The van der Waals surface area contributed by atoms with Crippen LogP contribution >= 0.6 is 12.6 Å². The molecule has 192 valence electrons. The van der Waals surface area contributed by atoms with Crippen molar-refractivity contribution in [2.24, 2.45) is 0 Å². The molecule has 0 radical (unpaired) electrons. The second-order valence-corrected chi connectivity index (χ2v) is 9.87. The van der Waals surface area contributed by atoms with Crippen molar-refractivity contribution in [3.05, 3.63) is 12.3 Å². The first-order valence-corrected chi connectivity index (χ1v) is 15.0. The van der Waals surface area contributed by atoms with Crippen LogP contribution in [-0.2, 0) is 9.47 Å². The molecule has 0 spiro atoms. The molecule has 3 heteroatoms. The molecule has 0 amide bonds. The number of thiol groups is 1. The summed E-state index contributed by atoms with van der Waals surface area (Å²) in [6, 6.07) is 0. The third kappa shape index (κ3) is 26.1. The maximum atomic E-state index is 6.31. The van der Waals surface area contributed by atoms with Crippen molar-refractivity contribution >= 4 is 12.6 Å². The van der Waals surface area contributed by atoms with Gasteiger partial charge in [0, 0.05) is 12.4 Å². The molecular weight excluding hydrogens is 412 g/mol. The van der Waals surface area contributed by atoms with Crippen molar-refractivity contribution in [1.82, 2.24) is 0 Å². The average Bonchev–Trinajstić information content (AvgIpc) is 2.80. The molecule has 0 heterocycles. The fourth-order valence-corrected chi connectivity index (χ4v) is 4.32. The molecule has 0 saturated heterocycles. The van der Waals surface area contributed by atoms with E-state index in [-0.39, 0.29) is 0 Å². The van der Waals surface area contributed by atoms with Gasteiger partial charge in [-0.15, -0.1) is 0 Å². The smallest absolute Gasteiger partial charge is 0.0874 e. The van der Waals surface area contributed by atoms with Crippen molar-refractivity contribution in [2.75, 3.05) is 19.0 Å². The van der Waals surface area contributed by atoms with Crippen LogP contribution in [0.4, 0.5) is 0 Å². The highest BCUT2D eigenvalue weighted by atomic mass is 32.1. The van der Waals surface area contributed by atoms with E-state index in [1.807, 2.05) is 6.08 Å². The van der Waals surface area contributed by atoms with Gasteiger partial charge in [-0.05, 0) is 31.8 Å². The number of rotatable bonds is 27. The molecule has 0 aliphatic heterocycles. The lowest BCUT2D eigenvalue weighted by molar-refractivity contribution is 0.0326. The van der Waals surface area contributed by atoms with Crippen molar-refractivity contribution in [3.8, 4) is 0 Å². The Labute approximate surface area is 208 Å². The molecule has 0 fully saturated rings. The molecule has 1 unspecified atom stereocenters. The molecule has 1 atom stereocenters. The van der Waals surface area contributed by atoms with Crippen molar-refractivity contribution in [1.29, 1.82) is 0 Å². The van der Waals surface area contributed by atoms with Gasteiger partial charge in [-0.1, -0.05) is 123 Å². The first kappa shape index (κ1) is 31.9. The zero-order chi connectivity index (χ0) is 23.4. The van der Waals surface area contributed by atoms with Crippen molar-refractivity contribution in [2.45, 2.75) is 155 Å². The third-order valence-corrected chi connectivity index (χ3v) is 6.53. The zero-order valence-electron chi connectivity index (χ0n) is 22.0. The molecule has 0 rings (SSSR count). The van der Waals surface area contributed by atoms with Crippen LogP contribution in [0.2, 0.25) is 0 Å². The Kier molecular flexibility index (Phi) is 28.7. The van der Waals surface area contributed by atoms with Gasteiger partial charge in [0.05, 0.1) is 19.0 Å². The Morgan fingerprint density at radius 1 is 0.562 bits per heavy atom. The Hall–Kier alpha value is -0.150. The van der Waals surface area contributed by atoms with E-state index in [9.17, 15) is 0 Å². The molecule has 2 nitrogen and oxygen atoms in total. The largest absolute Gasteiger partial charge is 0.502 e. The van der Waals surface area contributed by atoms with Gasteiger partial charge in [0.15, 0.2) is 0 Å². The average molecular weight is 471 g/mol. The van der Waals surface area contributed by atoms with Crippen LogP contribution in [0.15, 0.2) is 12.3 Å². The summed E-state index contributed by atoms with van der Waals surface area (Å²) in [4.78, 5) is 0. The fraction of sp³-hybridized carbons (Fsp3) is 0.931. The molecule has 0 bridgehead atoms. The first-order chi connectivity index (χ1) is 15.8. The number of hydrogen-bond donors (Lipinski definition) is 1. The Balaban J connectivity index is 3.77. The predicted octanol–water partition coefficient (Wildman–Crippen LogP) is 10.1. The second kappa shape index (κ2) is 28.9. The highest BCUT2D eigenvalue weighted by molar-refractivity contribution is 7.80. The van der Waals surface area contributed by atoms with E-state index >= 15 is 0 Å². The van der Waals surface area contributed by atoms with Gasteiger partial charge in [0.25, 0.3) is 0 Å². The van der Waals surface area contributed by atoms with Gasteiger partial charge < -0.3 is 9.47 Å². The zero-order valence-corrected chi connectivity index (χ0v) is 22.9. The normalized spacial score (nSPS) is 12.6. The molecule has 0 aromatic rings. The molecule has 0 aliphatic rings. The molecule has 0 saturated carbocycles. The molecule has 0 N–H and O–H groups in total. The lowest BCUT2D eigenvalue weighted by Crippen LogP contribution is -2.15. The highest BCUT2D eigenvalue weighted by Gasteiger charge is 2.09. The summed E-state index contributed by atoms with van der Waals surface area (Å²) in [5.74, 6) is 0.739. The second-order valence-electron chi connectivity index (χ2n) is 9.51. The Morgan fingerprint density at radius 3 is 1.56 bits per heavy atom. The van der Waals surface area contributed by atoms with E-state index in [0.29, 0.717) is 6.10 Å². The summed E-state index contributed by atoms with van der Waals surface area (Å²) < 4.78 is 11.8. The summed E-state index contributed by atoms with van der Waals surface area (Å²) in [6.45, 7) is 6.31. The van der Waals surface area contributed by atoms with Gasteiger partial charge in [0.2, 0.25) is 0 Å². The monoisotopic (exact) mass is 470 g/mol. The topological polar surface area (TPSA) is 18.5 Å². The summed E-state index contributed by atoms with van der Waals surface area (Å²) in [5, 5.41) is 0. The maximum Gasteiger partial charge on any atom is 0.0874 e. The van der Waals surface area contributed by atoms with Crippen LogP contribution in [0.5, 0.6) is 0 Å². The Morgan fingerprint density at radius 2 is 1.03 bits per heavy atom. The van der Waals surface area contributed by atoms with Crippen LogP contribution in [0, 0.1) is 0 Å². The number of unbranched alkanes of at least 4 members (excludes halogenated alkanes) is 16. The quantitative estimate of drug-likeness (QED) is 0.0731. The number of ether oxygens (including phenoxy) is 2. The SMILES string of the molecule is CCCCCCCCCCCCCOC(CCCCCCCCC)CCCOC=CCS. The van der Waals surface area contributed by atoms with Gasteiger partial charge in [0.1, 0.15) is 0 Å². The summed E-state index contributed by atoms with van der Waals surface area (Å²) in [5.41, 5.74) is 0. The van der Waals surface area contributed by atoms with Crippen LogP contribution in [0.3, 0.4) is 0 Å². The lowest BCUT2D eigenvalue weighted by atomic mass is 10.0. The van der Waals surface area contributed by atoms with Crippen molar-refractivity contribution < 1.29 is 9.47 Å². The van der Waals surface area contributed by atoms with Gasteiger partial charge in [-0.3, -0.25) is 0 Å². The van der Waals surface area contributed by atoms with E-state index in [2.05, 4.69) is 26.5 Å². The van der Waals surface area contributed by atoms with E-state index < -0.39 is 0 Å². The van der Waals surface area contributed by atoms with E-state index in [1.54, 1.807) is 6.26 Å². The van der Waals surface area contributed by atoms with Gasteiger partial charge in [-0.2, -0.15) is 12.6 Å². The van der Waals surface area contributed by atoms with E-state index in [1.165, 1.54) is 122 Å². The van der Waals surface area contributed by atoms with Crippen molar-refractivity contribution in [3.63, 3.8) is 0 Å². The Bertz CT molecular complexity index is 359. The van der Waals surface area contributed by atoms with Gasteiger partial charge in [-0.25, -0.2) is 0 Å². The van der Waals surface area contributed by atoms with Crippen LogP contribution in [0.1, 0.15) is 149 Å². The van der Waals surface area contributed by atoms with E-state index in [0.717, 1.165) is 31.8 Å². The maximum absolute atomic E-state index is 6.31. The first-order valence-electron chi connectivity index (χ1n) is 14.3. The summed E-state index contributed by atoms with van der Waals surface area (Å²) in [6.07, 6.45) is 32.5. The van der Waals surface area contributed by atoms with Crippen LogP contribution in [-0.4, -0.2) is 25.1 Å². The van der Waals surface area contributed by atoms with Gasteiger partial charge >= 0.3 is 0 Å². The van der Waals surface area contributed by atoms with Crippen LogP contribution < -0.4 is 0 Å². The number of hydrogen-bond acceptors (Lipinski definition) is 3. The molecule has 0 aliphatic carbocycles. The van der Waals surface area contributed by atoms with E-state index in [4.69, 9.17) is 9.47 Å². The minimum Gasteiger partial charge on any atom is -0.502 e. The standard InChI is InChI=1S/C29H58O2S/c1-3-5-7-9-11-12-13-14-16-18-20-27-31-29(24-21-25-30-26-22-28-32)23-19-17-15-10-8-6-4-2/h22,26,29,32H,3-21,23-25,27-28H2,1-2H3. The van der Waals surface area contributed by atoms with Crippen LogP contribution in [0.25, 0.3) is 0 Å². The fourth-order valence-electron chi connectivity index (χ4n) is 4.23. The minimum absolute atomic E-state index is 0.422. The lowest BCUT2D eigenvalue weighted by Gasteiger charge is -2.18. The third-order valence-electron chi connectivity index (χ3n) is 6.32. The summed E-state index contributed by atoms with van der Waals surface area (Å²) >= 11 is 4.16.